The minimum Gasteiger partial charge on any atom is -0.426 e. The number of benzene rings is 3. The third-order valence-electron chi connectivity index (χ3n) is 6.32. The van der Waals surface area contributed by atoms with Gasteiger partial charge in [0.15, 0.2) is 0 Å². The molecule has 0 bridgehead atoms. The van der Waals surface area contributed by atoms with Crippen LogP contribution in [0.1, 0.15) is 54.9 Å². The van der Waals surface area contributed by atoms with Crippen molar-refractivity contribution < 1.29 is 9.53 Å². The van der Waals surface area contributed by atoms with Crippen LogP contribution >= 0.6 is 0 Å². The van der Waals surface area contributed by atoms with Crippen LogP contribution < -0.4 is 9.64 Å². The van der Waals surface area contributed by atoms with E-state index in [1.54, 1.807) is 0 Å². The second-order valence-corrected chi connectivity index (χ2v) is 11.2. The lowest BCUT2D eigenvalue weighted by Crippen LogP contribution is -2.45. The molecule has 3 aromatic carbocycles. The molecular formula is C30H37NO2. The molecule has 0 heterocycles. The molecule has 0 saturated carbocycles. The fraction of sp³-hybridized carbons (Fsp3) is 0.367. The predicted molar refractivity (Wildman–Crippen MR) is 138 cm³/mol. The predicted octanol–water partition coefficient (Wildman–Crippen LogP) is 8.55. The number of hydrogen-bond donors (Lipinski definition) is 0. The Hall–Kier alpha value is -3.07. The summed E-state index contributed by atoms with van der Waals surface area (Å²) in [5, 5.41) is 0. The summed E-state index contributed by atoms with van der Waals surface area (Å²) in [4.78, 5) is 15.6. The zero-order valence-corrected chi connectivity index (χ0v) is 21.1. The van der Waals surface area contributed by atoms with Crippen molar-refractivity contribution in [3.63, 3.8) is 0 Å². The van der Waals surface area contributed by atoms with Crippen LogP contribution in [-0.4, -0.2) is 5.97 Å². The summed E-state index contributed by atoms with van der Waals surface area (Å²) in [6, 6.07) is 28.3. The number of ether oxygens (including phenoxy) is 1. The third kappa shape index (κ3) is 5.84. The third-order valence-corrected chi connectivity index (χ3v) is 6.32. The maximum atomic E-state index is 13.4. The van der Waals surface area contributed by atoms with Crippen LogP contribution in [0.5, 0.6) is 5.75 Å². The lowest BCUT2D eigenvalue weighted by molar-refractivity contribution is -0.154. The Morgan fingerprint density at radius 2 is 1.09 bits per heavy atom. The molecule has 0 saturated heterocycles. The quantitative estimate of drug-likeness (QED) is 0.282. The average molecular weight is 444 g/mol. The van der Waals surface area contributed by atoms with Crippen molar-refractivity contribution in [1.29, 1.82) is 0 Å². The topological polar surface area (TPSA) is 29.5 Å². The molecule has 0 spiro atoms. The average Bonchev–Trinajstić information content (AvgIpc) is 2.75. The fourth-order valence-corrected chi connectivity index (χ4v) is 4.19. The highest BCUT2D eigenvalue weighted by Gasteiger charge is 2.47. The molecule has 0 aromatic heterocycles. The van der Waals surface area contributed by atoms with Gasteiger partial charge in [-0.1, -0.05) is 77.9 Å². The van der Waals surface area contributed by atoms with Crippen LogP contribution in [0.25, 0.3) is 0 Å². The van der Waals surface area contributed by atoms with Crippen molar-refractivity contribution in [2.75, 3.05) is 4.90 Å². The van der Waals surface area contributed by atoms with Crippen LogP contribution in [0.4, 0.5) is 17.1 Å². The molecule has 0 radical (unpaired) electrons. The van der Waals surface area contributed by atoms with Gasteiger partial charge in [-0.3, -0.25) is 4.79 Å². The molecular weight excluding hydrogens is 406 g/mol. The Bertz CT molecular complexity index is 1000. The van der Waals surface area contributed by atoms with E-state index in [0.717, 1.165) is 23.5 Å². The first-order valence-electron chi connectivity index (χ1n) is 11.6. The van der Waals surface area contributed by atoms with Crippen LogP contribution in [-0.2, 0) is 4.79 Å². The van der Waals surface area contributed by atoms with Crippen LogP contribution in [0.3, 0.4) is 0 Å². The Balaban J connectivity index is 1.89. The molecule has 1 atom stereocenters. The van der Waals surface area contributed by atoms with E-state index in [1.807, 2.05) is 67.6 Å². The second-order valence-electron chi connectivity index (χ2n) is 11.2. The molecule has 174 valence electrons. The van der Waals surface area contributed by atoms with E-state index in [4.69, 9.17) is 4.74 Å². The first-order valence-corrected chi connectivity index (χ1v) is 11.6. The Morgan fingerprint density at radius 1 is 0.667 bits per heavy atom. The summed E-state index contributed by atoms with van der Waals surface area (Å²) >= 11 is 0. The Kier molecular flexibility index (Phi) is 7.02. The van der Waals surface area contributed by atoms with Gasteiger partial charge >= 0.3 is 5.97 Å². The summed E-state index contributed by atoms with van der Waals surface area (Å²) < 4.78 is 5.94. The van der Waals surface area contributed by atoms with E-state index < -0.39 is 5.41 Å². The van der Waals surface area contributed by atoms with E-state index >= 15 is 0 Å². The first kappa shape index (κ1) is 24.6. The van der Waals surface area contributed by atoms with Gasteiger partial charge in [0, 0.05) is 17.1 Å². The highest BCUT2D eigenvalue weighted by molar-refractivity contribution is 5.80. The van der Waals surface area contributed by atoms with Gasteiger partial charge in [0.2, 0.25) is 0 Å². The highest BCUT2D eigenvalue weighted by Crippen LogP contribution is 2.47. The molecule has 1 unspecified atom stereocenters. The molecule has 3 heteroatoms. The van der Waals surface area contributed by atoms with Gasteiger partial charge in [-0.05, 0) is 72.7 Å². The molecule has 3 rings (SSSR count). The zero-order valence-electron chi connectivity index (χ0n) is 21.1. The monoisotopic (exact) mass is 443 g/mol. The summed E-state index contributed by atoms with van der Waals surface area (Å²) in [5.74, 6) is 0.384. The molecule has 0 aliphatic heterocycles. The van der Waals surface area contributed by atoms with Gasteiger partial charge in [-0.2, -0.15) is 0 Å². The lowest BCUT2D eigenvalue weighted by atomic mass is 9.61. The van der Waals surface area contributed by atoms with Crippen molar-refractivity contribution >= 4 is 23.0 Å². The zero-order chi connectivity index (χ0) is 24.3. The molecule has 0 amide bonds. The van der Waals surface area contributed by atoms with Crippen LogP contribution in [0.2, 0.25) is 0 Å². The number of carbonyl (C=O) groups excluding carboxylic acids is 1. The Labute approximate surface area is 199 Å². The van der Waals surface area contributed by atoms with E-state index in [0.29, 0.717) is 5.75 Å². The molecule has 0 fully saturated rings. The second kappa shape index (κ2) is 9.43. The van der Waals surface area contributed by atoms with Gasteiger partial charge < -0.3 is 9.64 Å². The van der Waals surface area contributed by atoms with E-state index in [9.17, 15) is 4.79 Å². The van der Waals surface area contributed by atoms with Crippen molar-refractivity contribution in [3.8, 4) is 5.75 Å². The van der Waals surface area contributed by atoms with Crippen LogP contribution in [0, 0.1) is 16.2 Å². The molecule has 3 nitrogen and oxygen atoms in total. The number of anilines is 3. The van der Waals surface area contributed by atoms with Crippen molar-refractivity contribution in [1.82, 2.24) is 0 Å². The number of para-hydroxylation sites is 2. The Morgan fingerprint density at radius 3 is 1.48 bits per heavy atom. The maximum Gasteiger partial charge on any atom is 0.317 e. The highest BCUT2D eigenvalue weighted by atomic mass is 16.5. The largest absolute Gasteiger partial charge is 0.426 e. The van der Waals surface area contributed by atoms with Gasteiger partial charge in [-0.25, -0.2) is 0 Å². The van der Waals surface area contributed by atoms with Gasteiger partial charge in [0.05, 0.1) is 5.41 Å². The summed E-state index contributed by atoms with van der Waals surface area (Å²) in [6.45, 7) is 14.9. The minimum atomic E-state index is -0.607. The lowest BCUT2D eigenvalue weighted by Gasteiger charge is -2.43. The van der Waals surface area contributed by atoms with Gasteiger partial charge in [0.1, 0.15) is 5.75 Å². The fourth-order valence-electron chi connectivity index (χ4n) is 4.19. The maximum absolute atomic E-state index is 13.4. The smallest absolute Gasteiger partial charge is 0.317 e. The summed E-state index contributed by atoms with van der Waals surface area (Å²) in [6.07, 6.45) is 0.746. The van der Waals surface area contributed by atoms with Crippen molar-refractivity contribution in [2.45, 2.75) is 54.9 Å². The SMILES string of the molecule is CC(C)(C)CC(C)(C(=O)Oc1ccc(N(c2ccccc2)c2ccccc2)cc1)C(C)(C)C. The molecule has 3 aromatic rings. The van der Waals surface area contributed by atoms with Crippen LogP contribution in [0.15, 0.2) is 84.9 Å². The molecule has 0 aliphatic carbocycles. The standard InChI is InChI=1S/C30H37NO2/c1-28(2,3)22-30(7,29(4,5)6)27(32)33-26-20-18-25(19-21-26)31(23-14-10-8-11-15-23)24-16-12-9-13-17-24/h8-21H,22H2,1-7H3. The van der Waals surface area contributed by atoms with Crippen molar-refractivity contribution in [3.05, 3.63) is 84.9 Å². The normalized spacial score (nSPS) is 13.8. The number of nitrogens with zero attached hydrogens (tertiary/aromatic N) is 1. The summed E-state index contributed by atoms with van der Waals surface area (Å²) in [5.41, 5.74) is 2.31. The number of carbonyl (C=O) groups is 1. The number of esters is 1. The molecule has 0 N–H and O–H groups in total. The summed E-state index contributed by atoms with van der Waals surface area (Å²) in [7, 11) is 0. The molecule has 33 heavy (non-hydrogen) atoms. The molecule has 0 aliphatic rings. The van der Waals surface area contributed by atoms with E-state index in [1.165, 1.54) is 0 Å². The van der Waals surface area contributed by atoms with Gasteiger partial charge in [-0.15, -0.1) is 0 Å². The number of hydrogen-bond acceptors (Lipinski definition) is 3. The minimum absolute atomic E-state index is 0.0107. The first-order chi connectivity index (χ1) is 15.4. The number of rotatable bonds is 6. The van der Waals surface area contributed by atoms with Crippen molar-refractivity contribution in [2.24, 2.45) is 16.2 Å². The van der Waals surface area contributed by atoms with E-state index in [2.05, 4.69) is 70.7 Å². The van der Waals surface area contributed by atoms with E-state index in [-0.39, 0.29) is 16.8 Å². The van der Waals surface area contributed by atoms with Gasteiger partial charge in [0.25, 0.3) is 0 Å².